The van der Waals surface area contributed by atoms with Crippen LogP contribution in [-0.4, -0.2) is 11.0 Å². The fourth-order valence-corrected chi connectivity index (χ4v) is 1.81. The van der Waals surface area contributed by atoms with Gasteiger partial charge in [-0.25, -0.2) is 13.2 Å². The second-order valence-corrected chi connectivity index (χ2v) is 4.39. The predicted octanol–water partition coefficient (Wildman–Crippen LogP) is 2.53. The van der Waals surface area contributed by atoms with Gasteiger partial charge in [-0.2, -0.15) is 0 Å². The molecular weight excluding hydrogens is 283 g/mol. The summed E-state index contributed by atoms with van der Waals surface area (Å²) in [6, 6.07) is 6.66. The topological polar surface area (TPSA) is 49.3 Å². The van der Waals surface area contributed by atoms with Crippen molar-refractivity contribution in [3.8, 4) is 0 Å². The molecule has 3 nitrogen and oxygen atoms in total. The molecule has 6 heteroatoms. The first-order chi connectivity index (χ1) is 10.0. The summed E-state index contributed by atoms with van der Waals surface area (Å²) in [4.78, 5) is 11.8. The molecule has 0 aliphatic carbocycles. The van der Waals surface area contributed by atoms with E-state index in [-0.39, 0.29) is 17.7 Å². The van der Waals surface area contributed by atoms with E-state index in [4.69, 9.17) is 5.11 Å². The van der Waals surface area contributed by atoms with Gasteiger partial charge in [-0.3, -0.25) is 4.79 Å². The number of nitrogens with one attached hydrogen (secondary N) is 1. The normalized spacial score (nSPS) is 10.5. The molecular formula is C15H12F3NO2. The molecule has 0 fully saturated rings. The number of carbonyl (C=O) groups excluding carboxylic acids is 1. The third-order valence-corrected chi connectivity index (χ3v) is 2.91. The van der Waals surface area contributed by atoms with Crippen LogP contribution in [-0.2, 0) is 13.2 Å². The Bertz CT molecular complexity index is 674. The van der Waals surface area contributed by atoms with Crippen LogP contribution in [0.4, 0.5) is 13.2 Å². The van der Waals surface area contributed by atoms with E-state index in [9.17, 15) is 18.0 Å². The molecule has 0 saturated carbocycles. The van der Waals surface area contributed by atoms with E-state index in [0.29, 0.717) is 11.6 Å². The second kappa shape index (κ2) is 6.41. The number of hydrogen-bond donors (Lipinski definition) is 2. The van der Waals surface area contributed by atoms with Crippen LogP contribution < -0.4 is 5.32 Å². The van der Waals surface area contributed by atoms with Crippen LogP contribution in [0.3, 0.4) is 0 Å². The Kier molecular flexibility index (Phi) is 4.59. The van der Waals surface area contributed by atoms with E-state index >= 15 is 0 Å². The summed E-state index contributed by atoms with van der Waals surface area (Å²) in [5.74, 6) is -2.97. The number of halogens is 3. The number of hydrogen-bond acceptors (Lipinski definition) is 2. The molecule has 110 valence electrons. The number of aliphatic hydroxyl groups excluding tert-OH is 1. The first kappa shape index (κ1) is 15.1. The Morgan fingerprint density at radius 3 is 2.48 bits per heavy atom. The second-order valence-electron chi connectivity index (χ2n) is 4.39. The van der Waals surface area contributed by atoms with E-state index in [0.717, 1.165) is 12.1 Å². The van der Waals surface area contributed by atoms with Gasteiger partial charge >= 0.3 is 0 Å². The molecule has 0 saturated heterocycles. The largest absolute Gasteiger partial charge is 0.392 e. The van der Waals surface area contributed by atoms with Gasteiger partial charge in [0, 0.05) is 18.2 Å². The Morgan fingerprint density at radius 2 is 1.81 bits per heavy atom. The number of aliphatic hydroxyl groups is 1. The Labute approximate surface area is 119 Å². The number of benzene rings is 2. The zero-order valence-electron chi connectivity index (χ0n) is 10.9. The van der Waals surface area contributed by atoms with Crippen LogP contribution in [0.15, 0.2) is 36.4 Å². The molecule has 0 aliphatic heterocycles. The Hall–Kier alpha value is -2.34. The average Bonchev–Trinajstić information content (AvgIpc) is 2.46. The minimum absolute atomic E-state index is 0.0307. The first-order valence-electron chi connectivity index (χ1n) is 6.12. The van der Waals surface area contributed by atoms with Crippen molar-refractivity contribution in [2.45, 2.75) is 13.2 Å². The van der Waals surface area contributed by atoms with Gasteiger partial charge in [-0.05, 0) is 29.8 Å². The van der Waals surface area contributed by atoms with Crippen molar-refractivity contribution >= 4 is 5.91 Å². The highest BCUT2D eigenvalue weighted by molar-refractivity contribution is 5.94. The van der Waals surface area contributed by atoms with Crippen LogP contribution in [0.5, 0.6) is 0 Å². The van der Waals surface area contributed by atoms with Gasteiger partial charge in [0.05, 0.1) is 12.2 Å². The molecule has 2 aromatic carbocycles. The minimum atomic E-state index is -0.956. The molecule has 0 bridgehead atoms. The van der Waals surface area contributed by atoms with Crippen LogP contribution >= 0.6 is 0 Å². The van der Waals surface area contributed by atoms with E-state index < -0.39 is 30.0 Å². The van der Waals surface area contributed by atoms with Gasteiger partial charge in [-0.1, -0.05) is 6.07 Å². The van der Waals surface area contributed by atoms with Gasteiger partial charge in [0.1, 0.15) is 17.5 Å². The summed E-state index contributed by atoms with van der Waals surface area (Å²) in [5, 5.41) is 11.4. The van der Waals surface area contributed by atoms with Gasteiger partial charge in [0.2, 0.25) is 0 Å². The average molecular weight is 295 g/mol. The summed E-state index contributed by atoms with van der Waals surface area (Å²) in [7, 11) is 0. The minimum Gasteiger partial charge on any atom is -0.392 e. The van der Waals surface area contributed by atoms with Crippen LogP contribution in [0.2, 0.25) is 0 Å². The van der Waals surface area contributed by atoms with Gasteiger partial charge < -0.3 is 10.4 Å². The molecule has 21 heavy (non-hydrogen) atoms. The zero-order chi connectivity index (χ0) is 15.4. The molecule has 0 heterocycles. The monoisotopic (exact) mass is 295 g/mol. The molecule has 1 amide bonds. The smallest absolute Gasteiger partial charge is 0.254 e. The lowest BCUT2D eigenvalue weighted by atomic mass is 10.1. The van der Waals surface area contributed by atoms with Gasteiger partial charge in [0.25, 0.3) is 5.91 Å². The van der Waals surface area contributed by atoms with Crippen molar-refractivity contribution in [1.29, 1.82) is 0 Å². The quantitative estimate of drug-likeness (QED) is 0.910. The summed E-state index contributed by atoms with van der Waals surface area (Å²) >= 11 is 0. The van der Waals surface area contributed by atoms with Crippen LogP contribution in [0.25, 0.3) is 0 Å². The van der Waals surface area contributed by atoms with Gasteiger partial charge in [0.15, 0.2) is 0 Å². The van der Waals surface area contributed by atoms with Crippen molar-refractivity contribution in [3.63, 3.8) is 0 Å². The lowest BCUT2D eigenvalue weighted by Gasteiger charge is -2.08. The highest BCUT2D eigenvalue weighted by Gasteiger charge is 2.12. The molecule has 0 aromatic heterocycles. The van der Waals surface area contributed by atoms with Crippen molar-refractivity contribution < 1.29 is 23.1 Å². The number of carbonyl (C=O) groups is 1. The molecule has 0 radical (unpaired) electrons. The van der Waals surface area contributed by atoms with Crippen molar-refractivity contribution in [3.05, 3.63) is 70.5 Å². The maximum atomic E-state index is 13.4. The highest BCUT2D eigenvalue weighted by atomic mass is 19.1. The van der Waals surface area contributed by atoms with Gasteiger partial charge in [-0.15, -0.1) is 0 Å². The summed E-state index contributed by atoms with van der Waals surface area (Å²) in [5.41, 5.74) is 0.381. The van der Waals surface area contributed by atoms with Crippen molar-refractivity contribution in [2.75, 3.05) is 0 Å². The van der Waals surface area contributed by atoms with Crippen molar-refractivity contribution in [2.24, 2.45) is 0 Å². The standard InChI is InChI=1S/C15H12F3NO2/c16-11-2-3-12(14(18)6-11)15(21)19-7-9-1-4-13(17)10(5-9)8-20/h1-6,20H,7-8H2,(H,19,21). The first-order valence-corrected chi connectivity index (χ1v) is 6.12. The molecule has 0 unspecified atom stereocenters. The molecule has 0 aliphatic rings. The third kappa shape index (κ3) is 3.61. The summed E-state index contributed by atoms with van der Waals surface area (Å²) in [6.45, 7) is -0.427. The maximum absolute atomic E-state index is 13.4. The predicted molar refractivity (Wildman–Crippen MR) is 69.9 cm³/mol. The van der Waals surface area contributed by atoms with E-state index in [1.165, 1.54) is 18.2 Å². The Balaban J connectivity index is 2.07. The number of amides is 1. The Morgan fingerprint density at radius 1 is 1.05 bits per heavy atom. The molecule has 0 atom stereocenters. The zero-order valence-corrected chi connectivity index (χ0v) is 10.9. The van der Waals surface area contributed by atoms with Crippen molar-refractivity contribution in [1.82, 2.24) is 5.32 Å². The van der Waals surface area contributed by atoms with E-state index in [2.05, 4.69) is 5.32 Å². The lowest BCUT2D eigenvalue weighted by Crippen LogP contribution is -2.24. The third-order valence-electron chi connectivity index (χ3n) is 2.91. The fraction of sp³-hybridized carbons (Fsp3) is 0.133. The maximum Gasteiger partial charge on any atom is 0.254 e. The fourth-order valence-electron chi connectivity index (χ4n) is 1.81. The number of rotatable bonds is 4. The molecule has 0 spiro atoms. The SMILES string of the molecule is O=C(NCc1ccc(F)c(CO)c1)c1ccc(F)cc1F. The highest BCUT2D eigenvalue weighted by Crippen LogP contribution is 2.12. The van der Waals surface area contributed by atoms with E-state index in [1.807, 2.05) is 0 Å². The summed E-state index contributed by atoms with van der Waals surface area (Å²) in [6.07, 6.45) is 0. The molecule has 2 N–H and O–H groups in total. The molecule has 2 rings (SSSR count). The lowest BCUT2D eigenvalue weighted by molar-refractivity contribution is 0.0947. The summed E-state index contributed by atoms with van der Waals surface area (Å²) < 4.78 is 39.4. The van der Waals surface area contributed by atoms with E-state index in [1.54, 1.807) is 0 Å². The van der Waals surface area contributed by atoms with Crippen LogP contribution in [0.1, 0.15) is 21.5 Å². The molecule has 2 aromatic rings. The van der Waals surface area contributed by atoms with Crippen LogP contribution in [0, 0.1) is 17.5 Å².